The van der Waals surface area contributed by atoms with E-state index in [1.54, 1.807) is 42.5 Å². The molecule has 0 saturated carbocycles. The lowest BCUT2D eigenvalue weighted by Gasteiger charge is -2.15. The van der Waals surface area contributed by atoms with Gasteiger partial charge in [0.2, 0.25) is 5.91 Å². The molecule has 0 atom stereocenters. The zero-order valence-corrected chi connectivity index (χ0v) is 22.0. The Morgan fingerprint density at radius 1 is 1.23 bits per heavy atom. The quantitative estimate of drug-likeness (QED) is 0.175. The van der Waals surface area contributed by atoms with Crippen LogP contribution in [-0.4, -0.2) is 41.5 Å². The molecule has 10 heteroatoms. The summed E-state index contributed by atoms with van der Waals surface area (Å²) in [6.45, 7) is 0.720. The summed E-state index contributed by atoms with van der Waals surface area (Å²) in [5.41, 5.74) is 2.48. The molecule has 1 amide bonds. The van der Waals surface area contributed by atoms with Gasteiger partial charge in [-0.1, -0.05) is 29.8 Å². The van der Waals surface area contributed by atoms with E-state index in [1.807, 2.05) is 19.0 Å². The normalized spacial score (nSPS) is 11.1. The lowest BCUT2D eigenvalue weighted by Crippen LogP contribution is -2.13. The number of aromatic nitrogens is 1. The van der Waals surface area contributed by atoms with Crippen LogP contribution in [0.2, 0.25) is 5.02 Å². The minimum atomic E-state index is -0.411. The number of rotatable bonds is 9. The number of hydrogen-bond donors (Lipinski definition) is 3. The van der Waals surface area contributed by atoms with Crippen LogP contribution in [0.5, 0.6) is 11.5 Å². The third kappa shape index (κ3) is 7.02. The van der Waals surface area contributed by atoms with Crippen molar-refractivity contribution in [3.63, 3.8) is 0 Å². The van der Waals surface area contributed by atoms with E-state index in [-0.39, 0.29) is 29.4 Å². The number of likely N-dealkylation sites (N-methyl/N-ethyl adjacent to an activating group) is 1. The fourth-order valence-electron chi connectivity index (χ4n) is 3.72. The first kappa shape index (κ1) is 27.4. The van der Waals surface area contributed by atoms with E-state index in [0.717, 1.165) is 0 Å². The van der Waals surface area contributed by atoms with Crippen molar-refractivity contribution in [3.8, 4) is 17.6 Å². The zero-order chi connectivity index (χ0) is 27.9. The van der Waals surface area contributed by atoms with Gasteiger partial charge in [0.25, 0.3) is 0 Å². The molecule has 198 valence electrons. The Labute approximate surface area is 229 Å². The van der Waals surface area contributed by atoms with Crippen LogP contribution in [0.3, 0.4) is 0 Å². The number of pyridine rings is 1. The molecular weight excluding hydrogens is 521 g/mol. The molecular formula is C29H25ClFN5O3. The van der Waals surface area contributed by atoms with Crippen molar-refractivity contribution in [3.05, 3.63) is 94.9 Å². The van der Waals surface area contributed by atoms with Gasteiger partial charge in [0.15, 0.2) is 0 Å². The van der Waals surface area contributed by atoms with Gasteiger partial charge in [-0.3, -0.25) is 9.78 Å². The minimum absolute atomic E-state index is 0.139. The SMILES string of the molecule is CN(C)C/C=C/C(=O)Nc1cc2c(Nc3ccc(OCc4cccc(F)c4)c(Cl)c3)c(C#N)cnc2cc1O. The summed E-state index contributed by atoms with van der Waals surface area (Å²) in [5.74, 6) is -0.519. The summed E-state index contributed by atoms with van der Waals surface area (Å²) in [4.78, 5) is 18.5. The molecule has 0 aliphatic carbocycles. The Balaban J connectivity index is 1.59. The molecule has 0 bridgehead atoms. The van der Waals surface area contributed by atoms with Gasteiger partial charge in [0.05, 0.1) is 27.5 Å². The van der Waals surface area contributed by atoms with Crippen molar-refractivity contribution in [2.45, 2.75) is 6.61 Å². The first-order valence-corrected chi connectivity index (χ1v) is 12.2. The van der Waals surface area contributed by atoms with Crippen molar-refractivity contribution in [2.24, 2.45) is 0 Å². The van der Waals surface area contributed by atoms with Crippen molar-refractivity contribution in [2.75, 3.05) is 31.3 Å². The highest BCUT2D eigenvalue weighted by atomic mass is 35.5. The van der Waals surface area contributed by atoms with Gasteiger partial charge in [-0.15, -0.1) is 0 Å². The Kier molecular flexibility index (Phi) is 8.61. The van der Waals surface area contributed by atoms with Crippen molar-refractivity contribution in [1.82, 2.24) is 9.88 Å². The number of phenols is 1. The summed E-state index contributed by atoms with van der Waals surface area (Å²) < 4.78 is 19.2. The fraction of sp³-hybridized carbons (Fsp3) is 0.138. The monoisotopic (exact) mass is 545 g/mol. The summed E-state index contributed by atoms with van der Waals surface area (Å²) >= 11 is 6.44. The Hall–Kier alpha value is -4.65. The molecule has 1 aromatic heterocycles. The second-order valence-electron chi connectivity index (χ2n) is 8.89. The van der Waals surface area contributed by atoms with Gasteiger partial charge in [-0.05, 0) is 56.1 Å². The highest BCUT2D eigenvalue weighted by Crippen LogP contribution is 2.37. The van der Waals surface area contributed by atoms with E-state index in [2.05, 4.69) is 21.7 Å². The maximum absolute atomic E-state index is 13.4. The predicted molar refractivity (Wildman–Crippen MR) is 150 cm³/mol. The summed E-state index contributed by atoms with van der Waals surface area (Å²) in [6.07, 6.45) is 4.47. The topological polar surface area (TPSA) is 111 Å². The number of phenolic OH excluding ortho intramolecular Hbond substituents is 1. The number of benzene rings is 3. The number of ether oxygens (including phenoxy) is 1. The van der Waals surface area contributed by atoms with Gasteiger partial charge in [-0.25, -0.2) is 4.39 Å². The summed E-state index contributed by atoms with van der Waals surface area (Å²) in [5, 5.41) is 26.9. The number of halogens is 2. The third-order valence-electron chi connectivity index (χ3n) is 5.59. The number of fused-ring (bicyclic) bond motifs is 1. The number of nitrogens with zero attached hydrogens (tertiary/aromatic N) is 3. The number of amides is 1. The number of nitrogens with one attached hydrogen (secondary N) is 2. The predicted octanol–water partition coefficient (Wildman–Crippen LogP) is 5.98. The smallest absolute Gasteiger partial charge is 0.248 e. The molecule has 0 spiro atoms. The van der Waals surface area contributed by atoms with Crippen molar-refractivity contribution in [1.29, 1.82) is 5.26 Å². The maximum atomic E-state index is 13.4. The Bertz CT molecular complexity index is 1600. The summed E-state index contributed by atoms with van der Waals surface area (Å²) in [6, 6.07) is 16.2. The van der Waals surface area contributed by atoms with E-state index in [0.29, 0.717) is 45.2 Å². The van der Waals surface area contributed by atoms with E-state index in [1.165, 1.54) is 30.5 Å². The van der Waals surface area contributed by atoms with Crippen molar-refractivity contribution < 1.29 is 19.0 Å². The van der Waals surface area contributed by atoms with Crippen LogP contribution in [0.4, 0.5) is 21.5 Å². The van der Waals surface area contributed by atoms with Gasteiger partial charge in [-0.2, -0.15) is 5.26 Å². The first-order chi connectivity index (χ1) is 18.7. The molecule has 39 heavy (non-hydrogen) atoms. The molecule has 4 aromatic rings. The second kappa shape index (κ2) is 12.3. The van der Waals surface area contributed by atoms with Crippen molar-refractivity contribution >= 4 is 45.5 Å². The van der Waals surface area contributed by atoms with E-state index in [4.69, 9.17) is 16.3 Å². The molecule has 8 nitrogen and oxygen atoms in total. The van der Waals surface area contributed by atoms with Crippen LogP contribution in [-0.2, 0) is 11.4 Å². The van der Waals surface area contributed by atoms with Crippen LogP contribution in [0.25, 0.3) is 10.9 Å². The largest absolute Gasteiger partial charge is 0.506 e. The minimum Gasteiger partial charge on any atom is -0.506 e. The lowest BCUT2D eigenvalue weighted by atomic mass is 10.1. The van der Waals surface area contributed by atoms with E-state index >= 15 is 0 Å². The van der Waals surface area contributed by atoms with Crippen LogP contribution < -0.4 is 15.4 Å². The molecule has 1 heterocycles. The van der Waals surface area contributed by atoms with Gasteiger partial charge in [0, 0.05) is 36.0 Å². The summed E-state index contributed by atoms with van der Waals surface area (Å²) in [7, 11) is 3.76. The highest BCUT2D eigenvalue weighted by molar-refractivity contribution is 6.32. The van der Waals surface area contributed by atoms with Gasteiger partial charge in [0.1, 0.15) is 30.0 Å². The average Bonchev–Trinajstić information content (AvgIpc) is 2.89. The number of hydrogen-bond acceptors (Lipinski definition) is 7. The van der Waals surface area contributed by atoms with Crippen LogP contribution in [0.15, 0.2) is 72.9 Å². The highest BCUT2D eigenvalue weighted by Gasteiger charge is 2.15. The average molecular weight is 546 g/mol. The van der Waals surface area contributed by atoms with Gasteiger partial charge < -0.3 is 25.4 Å². The molecule has 0 aliphatic rings. The number of nitriles is 1. The molecule has 0 aliphatic heterocycles. The molecule has 0 saturated heterocycles. The second-order valence-corrected chi connectivity index (χ2v) is 9.30. The maximum Gasteiger partial charge on any atom is 0.248 e. The molecule has 3 aromatic carbocycles. The molecule has 0 unspecified atom stereocenters. The Morgan fingerprint density at radius 2 is 2.05 bits per heavy atom. The van der Waals surface area contributed by atoms with Crippen LogP contribution in [0.1, 0.15) is 11.1 Å². The molecule has 0 fully saturated rings. The number of carbonyl (C=O) groups is 1. The standard InChI is InChI=1S/C29H25ClFN5O3/c1-36(2)10-4-7-28(38)35-25-13-22-24(14-26(25)37)33-16-19(15-32)29(22)34-21-8-9-27(23(30)12-21)39-17-18-5-3-6-20(31)11-18/h3-9,11-14,16,37H,10,17H2,1-2H3,(H,33,34)(H,35,38)/b7-4+. The van der Waals surface area contributed by atoms with Gasteiger partial charge >= 0.3 is 0 Å². The van der Waals surface area contributed by atoms with E-state index < -0.39 is 5.91 Å². The molecule has 3 N–H and O–H groups in total. The number of carbonyl (C=O) groups excluding carboxylic acids is 1. The van der Waals surface area contributed by atoms with Crippen LogP contribution >= 0.6 is 11.6 Å². The number of aromatic hydroxyl groups is 1. The first-order valence-electron chi connectivity index (χ1n) is 11.9. The zero-order valence-electron chi connectivity index (χ0n) is 21.2. The molecule has 4 rings (SSSR count). The Morgan fingerprint density at radius 3 is 2.77 bits per heavy atom. The molecule has 0 radical (unpaired) electrons. The number of anilines is 3. The third-order valence-corrected chi connectivity index (χ3v) is 5.88. The van der Waals surface area contributed by atoms with E-state index in [9.17, 15) is 19.6 Å². The lowest BCUT2D eigenvalue weighted by molar-refractivity contribution is -0.111. The van der Waals surface area contributed by atoms with Crippen LogP contribution in [0, 0.1) is 17.1 Å². The fourth-order valence-corrected chi connectivity index (χ4v) is 3.96.